The van der Waals surface area contributed by atoms with Crippen molar-refractivity contribution in [2.24, 2.45) is 5.92 Å². The molecule has 1 N–H and O–H groups in total. The van der Waals surface area contributed by atoms with Crippen molar-refractivity contribution < 1.29 is 14.3 Å². The smallest absolute Gasteiger partial charge is 0.249 e. The van der Waals surface area contributed by atoms with E-state index in [0.29, 0.717) is 34.9 Å². The number of benzene rings is 1. The third kappa shape index (κ3) is 4.63. The van der Waals surface area contributed by atoms with Gasteiger partial charge in [0, 0.05) is 12.1 Å². The molecule has 144 valence electrons. The zero-order chi connectivity index (χ0) is 19.4. The van der Waals surface area contributed by atoms with E-state index < -0.39 is 0 Å². The molecule has 0 spiro atoms. The van der Waals surface area contributed by atoms with Gasteiger partial charge in [0.05, 0.1) is 31.0 Å². The summed E-state index contributed by atoms with van der Waals surface area (Å²) >= 11 is 6.26. The minimum absolute atomic E-state index is 0.233. The average molecular weight is 390 g/mol. The molecule has 0 radical (unpaired) electrons. The highest BCUT2D eigenvalue weighted by Gasteiger charge is 2.30. The number of hydrogen-bond acceptors (Lipinski definition) is 4. The zero-order valence-electron chi connectivity index (χ0n) is 15.7. The van der Waals surface area contributed by atoms with Gasteiger partial charge >= 0.3 is 0 Å². The highest BCUT2D eigenvalue weighted by molar-refractivity contribution is 6.32. The molecule has 0 aliphatic heterocycles. The van der Waals surface area contributed by atoms with E-state index >= 15 is 0 Å². The van der Waals surface area contributed by atoms with Crippen molar-refractivity contribution in [1.82, 2.24) is 9.78 Å². The predicted molar refractivity (Wildman–Crippen MR) is 106 cm³/mol. The molecule has 1 aromatic carbocycles. The minimum Gasteiger partial charge on any atom is -0.493 e. The lowest BCUT2D eigenvalue weighted by Gasteiger charge is -2.14. The summed E-state index contributed by atoms with van der Waals surface area (Å²) in [6.07, 6.45) is 7.29. The van der Waals surface area contributed by atoms with E-state index in [-0.39, 0.29) is 11.9 Å². The number of carbonyl (C=O) groups excluding carboxylic acids is 1. The van der Waals surface area contributed by atoms with Gasteiger partial charge in [-0.3, -0.25) is 4.79 Å². The van der Waals surface area contributed by atoms with Crippen LogP contribution in [0.5, 0.6) is 11.5 Å². The molecule has 1 fully saturated rings. The van der Waals surface area contributed by atoms with Crippen LogP contribution in [0, 0.1) is 5.92 Å². The topological polar surface area (TPSA) is 65.4 Å². The van der Waals surface area contributed by atoms with Crippen LogP contribution in [0.25, 0.3) is 6.08 Å². The van der Waals surface area contributed by atoms with Gasteiger partial charge in [0.15, 0.2) is 11.5 Å². The van der Waals surface area contributed by atoms with E-state index in [2.05, 4.69) is 17.3 Å². The monoisotopic (exact) mass is 389 g/mol. The molecule has 1 atom stereocenters. The maximum Gasteiger partial charge on any atom is 0.249 e. The molecule has 1 heterocycles. The Labute approximate surface area is 164 Å². The first-order valence-electron chi connectivity index (χ1n) is 9.06. The molecule has 1 unspecified atom stereocenters. The molecule has 1 aromatic heterocycles. The van der Waals surface area contributed by atoms with E-state index in [4.69, 9.17) is 21.1 Å². The van der Waals surface area contributed by atoms with Crippen LogP contribution in [-0.2, 0) is 4.79 Å². The Morgan fingerprint density at radius 2 is 2.26 bits per heavy atom. The van der Waals surface area contributed by atoms with Gasteiger partial charge in [-0.15, -0.1) is 0 Å². The highest BCUT2D eigenvalue weighted by Crippen LogP contribution is 2.40. The molecule has 1 saturated carbocycles. The third-order valence-corrected chi connectivity index (χ3v) is 4.86. The maximum absolute atomic E-state index is 12.3. The van der Waals surface area contributed by atoms with E-state index in [1.807, 2.05) is 11.6 Å². The largest absolute Gasteiger partial charge is 0.493 e. The fourth-order valence-electron chi connectivity index (χ4n) is 2.98. The highest BCUT2D eigenvalue weighted by atomic mass is 35.5. The van der Waals surface area contributed by atoms with E-state index in [9.17, 15) is 4.79 Å². The van der Waals surface area contributed by atoms with Crippen molar-refractivity contribution in [2.75, 3.05) is 19.0 Å². The summed E-state index contributed by atoms with van der Waals surface area (Å²) in [5.74, 6) is 2.15. The molecular formula is C20H24ClN3O3. The second kappa shape index (κ2) is 8.48. The molecule has 6 nitrogen and oxygen atoms in total. The quantitative estimate of drug-likeness (QED) is 0.672. The molecule has 27 heavy (non-hydrogen) atoms. The number of aromatic nitrogens is 2. The average Bonchev–Trinajstić information content (AvgIpc) is 3.41. The number of methoxy groups -OCH3 is 1. The first-order chi connectivity index (χ1) is 13.0. The molecule has 2 aromatic rings. The van der Waals surface area contributed by atoms with Crippen molar-refractivity contribution in [1.29, 1.82) is 0 Å². The summed E-state index contributed by atoms with van der Waals surface area (Å²) in [7, 11) is 1.55. The number of hydrogen-bond donors (Lipinski definition) is 1. The first kappa shape index (κ1) is 19.3. The Hall–Kier alpha value is -2.47. The summed E-state index contributed by atoms with van der Waals surface area (Å²) in [6.45, 7) is 4.49. The molecule has 1 aliphatic rings. The number of nitrogens with zero attached hydrogens (tertiary/aromatic N) is 2. The lowest BCUT2D eigenvalue weighted by molar-refractivity contribution is -0.111. The van der Waals surface area contributed by atoms with Crippen molar-refractivity contribution >= 4 is 29.4 Å². The molecular weight excluding hydrogens is 366 g/mol. The molecule has 0 saturated heterocycles. The van der Waals surface area contributed by atoms with Gasteiger partial charge in [0.2, 0.25) is 5.91 Å². The van der Waals surface area contributed by atoms with Gasteiger partial charge < -0.3 is 14.8 Å². The van der Waals surface area contributed by atoms with Crippen LogP contribution in [0.3, 0.4) is 0 Å². The summed E-state index contributed by atoms with van der Waals surface area (Å²) in [5.41, 5.74) is 0.746. The zero-order valence-corrected chi connectivity index (χ0v) is 16.5. The summed E-state index contributed by atoms with van der Waals surface area (Å²) in [6, 6.07) is 5.60. The minimum atomic E-state index is -0.233. The summed E-state index contributed by atoms with van der Waals surface area (Å²) in [5, 5.41) is 7.66. The molecule has 7 heteroatoms. The SMILES string of the molecule is CCOc1c(Cl)cc(/C=C/C(=O)Nc2ccnn2C(C)C2CC2)cc1OC. The van der Waals surface area contributed by atoms with Crippen LogP contribution in [0.2, 0.25) is 5.02 Å². The molecule has 0 bridgehead atoms. The van der Waals surface area contributed by atoms with E-state index in [1.54, 1.807) is 37.6 Å². The fourth-order valence-corrected chi connectivity index (χ4v) is 3.25. The molecule has 3 rings (SSSR count). The second-order valence-electron chi connectivity index (χ2n) is 6.53. The summed E-state index contributed by atoms with van der Waals surface area (Å²) < 4.78 is 12.7. The van der Waals surface area contributed by atoms with E-state index in [0.717, 1.165) is 5.56 Å². The molecule has 1 aliphatic carbocycles. The van der Waals surface area contributed by atoms with Gasteiger partial charge in [-0.25, -0.2) is 4.68 Å². The van der Waals surface area contributed by atoms with Crippen LogP contribution < -0.4 is 14.8 Å². The third-order valence-electron chi connectivity index (χ3n) is 4.58. The lowest BCUT2D eigenvalue weighted by Crippen LogP contribution is -2.16. The summed E-state index contributed by atoms with van der Waals surface area (Å²) in [4.78, 5) is 12.3. The van der Waals surface area contributed by atoms with Crippen LogP contribution in [-0.4, -0.2) is 29.4 Å². The Bertz CT molecular complexity index is 843. The number of anilines is 1. The normalized spacial score (nSPS) is 15.0. The maximum atomic E-state index is 12.3. The van der Waals surface area contributed by atoms with Crippen molar-refractivity contribution in [3.05, 3.63) is 41.1 Å². The van der Waals surface area contributed by atoms with Gasteiger partial charge in [0.25, 0.3) is 0 Å². The Balaban J connectivity index is 1.70. The molecule has 1 amide bonds. The Kier molecular flexibility index (Phi) is 6.06. The number of ether oxygens (including phenoxy) is 2. The van der Waals surface area contributed by atoms with E-state index in [1.165, 1.54) is 18.9 Å². The van der Waals surface area contributed by atoms with Crippen molar-refractivity contribution in [3.63, 3.8) is 0 Å². The van der Waals surface area contributed by atoms with Gasteiger partial charge in [-0.05, 0) is 56.4 Å². The Morgan fingerprint density at radius 1 is 1.48 bits per heavy atom. The van der Waals surface area contributed by atoms with Crippen LogP contribution >= 0.6 is 11.6 Å². The Morgan fingerprint density at radius 3 is 2.93 bits per heavy atom. The number of rotatable bonds is 8. The van der Waals surface area contributed by atoms with Gasteiger partial charge in [0.1, 0.15) is 5.82 Å². The van der Waals surface area contributed by atoms with Crippen LogP contribution in [0.1, 0.15) is 38.3 Å². The van der Waals surface area contributed by atoms with Crippen LogP contribution in [0.4, 0.5) is 5.82 Å². The van der Waals surface area contributed by atoms with Crippen molar-refractivity contribution in [3.8, 4) is 11.5 Å². The van der Waals surface area contributed by atoms with Gasteiger partial charge in [-0.2, -0.15) is 5.10 Å². The lowest BCUT2D eigenvalue weighted by atomic mass is 10.2. The van der Waals surface area contributed by atoms with Gasteiger partial charge in [-0.1, -0.05) is 11.6 Å². The number of amides is 1. The number of carbonyl (C=O) groups is 1. The standard InChI is InChI=1S/C20H24ClN3O3/c1-4-27-20-16(21)11-14(12-17(20)26-3)5-8-19(25)23-18-9-10-22-24(18)13(2)15-6-7-15/h5,8-13,15H,4,6-7H2,1-3H3,(H,23,25)/b8-5+. The number of halogens is 1. The predicted octanol–water partition coefficient (Wildman–Crippen LogP) is 4.57. The first-order valence-corrected chi connectivity index (χ1v) is 9.44. The second-order valence-corrected chi connectivity index (χ2v) is 6.94. The fraction of sp³-hybridized carbons (Fsp3) is 0.400. The van der Waals surface area contributed by atoms with Crippen LogP contribution in [0.15, 0.2) is 30.5 Å². The number of nitrogens with one attached hydrogen (secondary N) is 1. The van der Waals surface area contributed by atoms with Crippen molar-refractivity contribution in [2.45, 2.75) is 32.7 Å².